The van der Waals surface area contributed by atoms with Gasteiger partial charge in [-0.2, -0.15) is 0 Å². The topological polar surface area (TPSA) is 55.6 Å². The number of halogens is 2. The van der Waals surface area contributed by atoms with E-state index in [-0.39, 0.29) is 0 Å². The van der Waals surface area contributed by atoms with Crippen molar-refractivity contribution in [1.82, 2.24) is 20.0 Å². The van der Waals surface area contributed by atoms with Crippen molar-refractivity contribution in [2.45, 2.75) is 33.2 Å². The number of pyridine rings is 1. The molecular formula is C13H17Cl2N5. The Kier molecular flexibility index (Phi) is 5.20. The summed E-state index contributed by atoms with van der Waals surface area (Å²) in [6, 6.07) is 1.70. The number of aryl methyl sites for hydroxylation is 1. The molecule has 5 nitrogen and oxygen atoms in total. The van der Waals surface area contributed by atoms with E-state index in [1.165, 1.54) is 0 Å². The minimum absolute atomic E-state index is 0.497. The van der Waals surface area contributed by atoms with Crippen LogP contribution in [-0.4, -0.2) is 26.5 Å². The molecule has 0 saturated carbocycles. The van der Waals surface area contributed by atoms with Crippen molar-refractivity contribution in [2.75, 3.05) is 11.9 Å². The molecule has 0 fully saturated rings. The summed E-state index contributed by atoms with van der Waals surface area (Å²) in [5.74, 6) is 0.636. The van der Waals surface area contributed by atoms with Crippen molar-refractivity contribution in [2.24, 2.45) is 0 Å². The smallest absolute Gasteiger partial charge is 0.145 e. The van der Waals surface area contributed by atoms with Crippen LogP contribution in [0.3, 0.4) is 0 Å². The maximum atomic E-state index is 6.26. The highest BCUT2D eigenvalue weighted by molar-refractivity contribution is 6.37. The van der Waals surface area contributed by atoms with Crippen molar-refractivity contribution in [3.63, 3.8) is 0 Å². The zero-order chi connectivity index (χ0) is 14.5. The lowest BCUT2D eigenvalue weighted by atomic mass is 10.2. The SMILES string of the molecule is CCCNc1nc(-c2cnnn2CCC)c(Cl)cc1Cl. The zero-order valence-electron chi connectivity index (χ0n) is 11.5. The first kappa shape index (κ1) is 15.1. The second-order valence-corrected chi connectivity index (χ2v) is 5.23. The van der Waals surface area contributed by atoms with Crippen molar-refractivity contribution in [3.05, 3.63) is 22.3 Å². The van der Waals surface area contributed by atoms with Crippen LogP contribution >= 0.6 is 23.2 Å². The summed E-state index contributed by atoms with van der Waals surface area (Å²) in [4.78, 5) is 4.52. The van der Waals surface area contributed by atoms with E-state index in [9.17, 15) is 0 Å². The molecule has 0 atom stereocenters. The van der Waals surface area contributed by atoms with E-state index in [2.05, 4.69) is 34.5 Å². The maximum Gasteiger partial charge on any atom is 0.145 e. The van der Waals surface area contributed by atoms with Crippen molar-refractivity contribution in [1.29, 1.82) is 0 Å². The molecule has 0 spiro atoms. The van der Waals surface area contributed by atoms with Crippen molar-refractivity contribution >= 4 is 29.0 Å². The van der Waals surface area contributed by atoms with Gasteiger partial charge >= 0.3 is 0 Å². The Morgan fingerprint density at radius 3 is 2.70 bits per heavy atom. The largest absolute Gasteiger partial charge is 0.369 e. The highest BCUT2D eigenvalue weighted by atomic mass is 35.5. The Hall–Kier alpha value is -1.33. The maximum absolute atomic E-state index is 6.26. The molecule has 2 heterocycles. The van der Waals surface area contributed by atoms with Gasteiger partial charge in [-0.05, 0) is 18.9 Å². The summed E-state index contributed by atoms with van der Waals surface area (Å²) in [6.07, 6.45) is 3.62. The molecule has 108 valence electrons. The lowest BCUT2D eigenvalue weighted by Gasteiger charge is -2.11. The summed E-state index contributed by atoms with van der Waals surface area (Å²) in [7, 11) is 0. The van der Waals surface area contributed by atoms with Gasteiger partial charge in [-0.25, -0.2) is 9.67 Å². The highest BCUT2D eigenvalue weighted by Crippen LogP contribution is 2.32. The summed E-state index contributed by atoms with van der Waals surface area (Å²) < 4.78 is 1.80. The molecule has 0 aliphatic carbocycles. The molecular weight excluding hydrogens is 297 g/mol. The Labute approximate surface area is 128 Å². The number of aromatic nitrogens is 4. The van der Waals surface area contributed by atoms with Crippen LogP contribution in [0.2, 0.25) is 10.0 Å². The van der Waals surface area contributed by atoms with E-state index in [0.29, 0.717) is 21.6 Å². The lowest BCUT2D eigenvalue weighted by molar-refractivity contribution is 0.583. The lowest BCUT2D eigenvalue weighted by Crippen LogP contribution is -2.06. The molecule has 0 aromatic carbocycles. The van der Waals surface area contributed by atoms with Crippen LogP contribution in [0.5, 0.6) is 0 Å². The minimum Gasteiger partial charge on any atom is -0.369 e. The molecule has 0 aliphatic heterocycles. The van der Waals surface area contributed by atoms with E-state index in [0.717, 1.165) is 31.6 Å². The number of nitrogens with zero attached hydrogens (tertiary/aromatic N) is 4. The second kappa shape index (κ2) is 6.90. The first-order valence-corrected chi connectivity index (χ1v) is 7.41. The third kappa shape index (κ3) is 3.22. The zero-order valence-corrected chi connectivity index (χ0v) is 13.0. The molecule has 0 unspecified atom stereocenters. The first-order chi connectivity index (χ1) is 9.67. The fourth-order valence-corrected chi connectivity index (χ4v) is 2.35. The Bertz CT molecular complexity index is 582. The van der Waals surface area contributed by atoms with Gasteiger partial charge < -0.3 is 5.32 Å². The fraction of sp³-hybridized carbons (Fsp3) is 0.462. The van der Waals surface area contributed by atoms with Crippen LogP contribution in [0.25, 0.3) is 11.4 Å². The minimum atomic E-state index is 0.497. The van der Waals surface area contributed by atoms with Crippen LogP contribution in [0.4, 0.5) is 5.82 Å². The number of rotatable bonds is 6. The van der Waals surface area contributed by atoms with Gasteiger partial charge in [0.1, 0.15) is 17.2 Å². The first-order valence-electron chi connectivity index (χ1n) is 6.66. The number of hydrogen-bond donors (Lipinski definition) is 1. The molecule has 0 saturated heterocycles. The van der Waals surface area contributed by atoms with Gasteiger partial charge in [0.2, 0.25) is 0 Å². The van der Waals surface area contributed by atoms with Crippen molar-refractivity contribution < 1.29 is 0 Å². The van der Waals surface area contributed by atoms with Crippen LogP contribution in [0.1, 0.15) is 26.7 Å². The molecule has 0 bridgehead atoms. The van der Waals surface area contributed by atoms with Gasteiger partial charge in [0.25, 0.3) is 0 Å². The van der Waals surface area contributed by atoms with Crippen LogP contribution in [0, 0.1) is 0 Å². The Morgan fingerprint density at radius 1 is 1.20 bits per heavy atom. The number of nitrogens with one attached hydrogen (secondary N) is 1. The van der Waals surface area contributed by atoms with E-state index in [1.54, 1.807) is 16.9 Å². The number of hydrogen-bond acceptors (Lipinski definition) is 4. The number of anilines is 1. The second-order valence-electron chi connectivity index (χ2n) is 4.42. The van der Waals surface area contributed by atoms with Crippen molar-refractivity contribution in [3.8, 4) is 11.4 Å². The molecule has 2 aromatic heterocycles. The quantitative estimate of drug-likeness (QED) is 0.879. The standard InChI is InChI=1S/C13H17Cl2N5/c1-3-5-16-13-10(15)7-9(14)12(18-13)11-8-17-19-20(11)6-4-2/h7-8H,3-6H2,1-2H3,(H,16,18). The van der Waals surface area contributed by atoms with Gasteiger partial charge in [-0.15, -0.1) is 5.10 Å². The predicted molar refractivity (Wildman–Crippen MR) is 82.3 cm³/mol. The molecule has 2 rings (SSSR count). The summed E-state index contributed by atoms with van der Waals surface area (Å²) >= 11 is 12.4. The highest BCUT2D eigenvalue weighted by Gasteiger charge is 2.15. The third-order valence-electron chi connectivity index (χ3n) is 2.77. The van der Waals surface area contributed by atoms with Crippen LogP contribution in [0.15, 0.2) is 12.3 Å². The van der Waals surface area contributed by atoms with E-state index in [4.69, 9.17) is 23.2 Å². The van der Waals surface area contributed by atoms with Gasteiger partial charge in [0.15, 0.2) is 0 Å². The van der Waals surface area contributed by atoms with Gasteiger partial charge in [0, 0.05) is 13.1 Å². The summed E-state index contributed by atoms with van der Waals surface area (Å²) in [5, 5.41) is 12.2. The summed E-state index contributed by atoms with van der Waals surface area (Å²) in [5.41, 5.74) is 1.45. The molecule has 0 amide bonds. The Balaban J connectivity index is 2.42. The normalized spacial score (nSPS) is 10.8. The third-order valence-corrected chi connectivity index (χ3v) is 3.34. The van der Waals surface area contributed by atoms with Gasteiger partial charge in [0.05, 0.1) is 16.2 Å². The molecule has 2 aromatic rings. The van der Waals surface area contributed by atoms with Crippen LogP contribution < -0.4 is 5.32 Å². The van der Waals surface area contributed by atoms with E-state index < -0.39 is 0 Å². The van der Waals surface area contributed by atoms with Crippen LogP contribution in [-0.2, 0) is 6.54 Å². The van der Waals surface area contributed by atoms with E-state index in [1.807, 2.05) is 0 Å². The molecule has 7 heteroatoms. The summed E-state index contributed by atoms with van der Waals surface area (Å²) in [6.45, 7) is 5.74. The Morgan fingerprint density at radius 2 is 2.00 bits per heavy atom. The van der Waals surface area contributed by atoms with Gasteiger partial charge in [-0.3, -0.25) is 0 Å². The molecule has 1 N–H and O–H groups in total. The predicted octanol–water partition coefficient (Wildman–Crippen LogP) is 3.88. The molecule has 0 radical (unpaired) electrons. The fourth-order valence-electron chi connectivity index (χ4n) is 1.83. The van der Waals surface area contributed by atoms with Gasteiger partial charge in [-0.1, -0.05) is 42.3 Å². The molecule has 20 heavy (non-hydrogen) atoms. The van der Waals surface area contributed by atoms with E-state index >= 15 is 0 Å². The molecule has 0 aliphatic rings. The average molecular weight is 314 g/mol. The average Bonchev–Trinajstić information content (AvgIpc) is 2.86. The monoisotopic (exact) mass is 313 g/mol.